The van der Waals surface area contributed by atoms with Gasteiger partial charge in [-0.15, -0.1) is 24.0 Å². The van der Waals surface area contributed by atoms with Crippen molar-refractivity contribution in [3.8, 4) is 0 Å². The lowest BCUT2D eigenvalue weighted by Gasteiger charge is -2.15. The number of aromatic nitrogens is 2. The number of aliphatic imine (C=N–C) groups is 1. The summed E-state index contributed by atoms with van der Waals surface area (Å²) in [6.07, 6.45) is 10.7. The number of rotatable bonds is 10. The summed E-state index contributed by atoms with van der Waals surface area (Å²) in [6, 6.07) is 0. The number of hydrogen-bond donors (Lipinski definition) is 2. The molecule has 1 unspecified atom stereocenters. The summed E-state index contributed by atoms with van der Waals surface area (Å²) in [7, 11) is 0. The second kappa shape index (κ2) is 13.8. The SMILES string of the molecule is CCCCC(CC)CN=C(NCC)NCCn1ccnc1.I. The van der Waals surface area contributed by atoms with E-state index in [1.807, 2.05) is 12.5 Å². The molecule has 0 spiro atoms. The van der Waals surface area contributed by atoms with Crippen molar-refractivity contribution in [3.63, 3.8) is 0 Å². The van der Waals surface area contributed by atoms with Crippen LogP contribution in [0.4, 0.5) is 0 Å². The molecular formula is C16H32IN5. The highest BCUT2D eigenvalue weighted by atomic mass is 127. The third-order valence-electron chi connectivity index (χ3n) is 3.62. The molecule has 0 aliphatic rings. The highest BCUT2D eigenvalue weighted by Crippen LogP contribution is 2.12. The maximum Gasteiger partial charge on any atom is 0.191 e. The van der Waals surface area contributed by atoms with Gasteiger partial charge < -0.3 is 15.2 Å². The Hall–Kier alpha value is -0.790. The molecule has 0 aliphatic carbocycles. The molecule has 0 aliphatic heterocycles. The summed E-state index contributed by atoms with van der Waals surface area (Å²) in [5.74, 6) is 1.63. The number of nitrogens with one attached hydrogen (secondary N) is 2. The Labute approximate surface area is 152 Å². The second-order valence-corrected chi connectivity index (χ2v) is 5.36. The van der Waals surface area contributed by atoms with E-state index in [9.17, 15) is 0 Å². The number of nitrogens with zero attached hydrogens (tertiary/aromatic N) is 3. The maximum atomic E-state index is 4.73. The van der Waals surface area contributed by atoms with E-state index in [4.69, 9.17) is 4.99 Å². The summed E-state index contributed by atoms with van der Waals surface area (Å²) < 4.78 is 2.06. The topological polar surface area (TPSA) is 54.2 Å². The van der Waals surface area contributed by atoms with E-state index >= 15 is 0 Å². The molecule has 1 heterocycles. The van der Waals surface area contributed by atoms with Gasteiger partial charge in [0.05, 0.1) is 6.33 Å². The Morgan fingerprint density at radius 2 is 2.09 bits per heavy atom. The molecule has 0 radical (unpaired) electrons. The van der Waals surface area contributed by atoms with Crippen LogP contribution in [0.2, 0.25) is 0 Å². The van der Waals surface area contributed by atoms with Crippen LogP contribution in [0.3, 0.4) is 0 Å². The molecule has 128 valence electrons. The van der Waals surface area contributed by atoms with Crippen LogP contribution in [-0.2, 0) is 6.54 Å². The van der Waals surface area contributed by atoms with Crippen molar-refractivity contribution >= 4 is 29.9 Å². The standard InChI is InChI=1S/C16H31N5.HI/c1-4-7-8-15(5-2)13-20-16(18-6-3)19-10-12-21-11-9-17-14-21;/h9,11,14-15H,4-8,10,12-13H2,1-3H3,(H2,18,19,20);1H. The predicted octanol–water partition coefficient (Wildman–Crippen LogP) is 3.27. The summed E-state index contributed by atoms with van der Waals surface area (Å²) in [6.45, 7) is 10.2. The molecule has 0 fully saturated rings. The molecule has 1 aromatic rings. The average molecular weight is 421 g/mol. The largest absolute Gasteiger partial charge is 0.357 e. The monoisotopic (exact) mass is 421 g/mol. The molecule has 0 saturated carbocycles. The van der Waals surface area contributed by atoms with Crippen molar-refractivity contribution in [2.75, 3.05) is 19.6 Å². The first-order valence-electron chi connectivity index (χ1n) is 8.28. The zero-order valence-electron chi connectivity index (χ0n) is 14.2. The molecule has 0 amide bonds. The number of guanidine groups is 1. The van der Waals surface area contributed by atoms with Crippen molar-refractivity contribution in [2.45, 2.75) is 53.0 Å². The Bertz CT molecular complexity index is 378. The molecule has 22 heavy (non-hydrogen) atoms. The molecule has 2 N–H and O–H groups in total. The molecule has 1 atom stereocenters. The summed E-state index contributed by atoms with van der Waals surface area (Å²) in [5, 5.41) is 6.70. The summed E-state index contributed by atoms with van der Waals surface area (Å²) >= 11 is 0. The number of halogens is 1. The molecule has 5 nitrogen and oxygen atoms in total. The molecular weight excluding hydrogens is 389 g/mol. The first-order chi connectivity index (χ1) is 10.3. The highest BCUT2D eigenvalue weighted by molar-refractivity contribution is 14.0. The van der Waals surface area contributed by atoms with Crippen molar-refractivity contribution in [3.05, 3.63) is 18.7 Å². The minimum absolute atomic E-state index is 0. The van der Waals surface area contributed by atoms with Crippen molar-refractivity contribution in [1.82, 2.24) is 20.2 Å². The van der Waals surface area contributed by atoms with E-state index in [0.29, 0.717) is 5.92 Å². The van der Waals surface area contributed by atoms with Gasteiger partial charge in [0.15, 0.2) is 5.96 Å². The van der Waals surface area contributed by atoms with Gasteiger partial charge in [0, 0.05) is 38.6 Å². The quantitative estimate of drug-likeness (QED) is 0.347. The first kappa shape index (κ1) is 21.2. The van der Waals surface area contributed by atoms with Gasteiger partial charge >= 0.3 is 0 Å². The van der Waals surface area contributed by atoms with Crippen LogP contribution in [0.1, 0.15) is 46.5 Å². The van der Waals surface area contributed by atoms with E-state index in [2.05, 4.69) is 41.0 Å². The molecule has 0 bridgehead atoms. The normalized spacial score (nSPS) is 12.6. The van der Waals surface area contributed by atoms with Gasteiger partial charge in [0.1, 0.15) is 0 Å². The molecule has 0 saturated heterocycles. The van der Waals surface area contributed by atoms with E-state index in [1.54, 1.807) is 6.20 Å². The maximum absolute atomic E-state index is 4.73. The average Bonchev–Trinajstić information content (AvgIpc) is 3.00. The zero-order valence-corrected chi connectivity index (χ0v) is 16.5. The minimum atomic E-state index is 0. The molecule has 0 aromatic carbocycles. The molecule has 1 aromatic heterocycles. The van der Waals surface area contributed by atoms with Gasteiger partial charge in [-0.2, -0.15) is 0 Å². The highest BCUT2D eigenvalue weighted by Gasteiger charge is 2.05. The third kappa shape index (κ3) is 9.27. The number of unbranched alkanes of at least 4 members (excludes halogenated alkanes) is 1. The predicted molar refractivity (Wildman–Crippen MR) is 105 cm³/mol. The fourth-order valence-corrected chi connectivity index (χ4v) is 2.20. The van der Waals surface area contributed by atoms with E-state index in [0.717, 1.165) is 32.1 Å². The van der Waals surface area contributed by atoms with E-state index in [-0.39, 0.29) is 24.0 Å². The lowest BCUT2D eigenvalue weighted by Crippen LogP contribution is -2.39. The van der Waals surface area contributed by atoms with Crippen molar-refractivity contribution in [2.24, 2.45) is 10.9 Å². The van der Waals surface area contributed by atoms with Crippen LogP contribution < -0.4 is 10.6 Å². The van der Waals surface area contributed by atoms with Crippen LogP contribution in [-0.4, -0.2) is 35.1 Å². The van der Waals surface area contributed by atoms with Gasteiger partial charge in [-0.1, -0.05) is 33.1 Å². The van der Waals surface area contributed by atoms with Gasteiger partial charge in [0.25, 0.3) is 0 Å². The zero-order chi connectivity index (χ0) is 15.3. The molecule has 1 rings (SSSR count). The lowest BCUT2D eigenvalue weighted by molar-refractivity contribution is 0.461. The number of imidazole rings is 1. The first-order valence-corrected chi connectivity index (χ1v) is 8.28. The number of hydrogen-bond acceptors (Lipinski definition) is 2. The van der Waals surface area contributed by atoms with Crippen LogP contribution in [0.25, 0.3) is 0 Å². The Morgan fingerprint density at radius 1 is 1.27 bits per heavy atom. The minimum Gasteiger partial charge on any atom is -0.357 e. The van der Waals surface area contributed by atoms with Gasteiger partial charge in [-0.05, 0) is 19.3 Å². The van der Waals surface area contributed by atoms with Crippen molar-refractivity contribution < 1.29 is 0 Å². The Balaban J connectivity index is 0.00000441. The van der Waals surface area contributed by atoms with Crippen molar-refractivity contribution in [1.29, 1.82) is 0 Å². The van der Waals surface area contributed by atoms with Gasteiger partial charge in [-0.3, -0.25) is 4.99 Å². The van der Waals surface area contributed by atoms with Crippen LogP contribution >= 0.6 is 24.0 Å². The second-order valence-electron chi connectivity index (χ2n) is 5.36. The van der Waals surface area contributed by atoms with Crippen LogP contribution in [0.5, 0.6) is 0 Å². The smallest absolute Gasteiger partial charge is 0.191 e. The Kier molecular flexibility index (Phi) is 13.3. The summed E-state index contributed by atoms with van der Waals surface area (Å²) in [5.41, 5.74) is 0. The summed E-state index contributed by atoms with van der Waals surface area (Å²) in [4.78, 5) is 8.77. The third-order valence-corrected chi connectivity index (χ3v) is 3.62. The van der Waals surface area contributed by atoms with E-state index < -0.39 is 0 Å². The van der Waals surface area contributed by atoms with Crippen LogP contribution in [0, 0.1) is 5.92 Å². The van der Waals surface area contributed by atoms with E-state index in [1.165, 1.54) is 25.7 Å². The molecule has 6 heteroatoms. The lowest BCUT2D eigenvalue weighted by atomic mass is 10.00. The Morgan fingerprint density at radius 3 is 2.68 bits per heavy atom. The van der Waals surface area contributed by atoms with Gasteiger partial charge in [-0.25, -0.2) is 4.98 Å². The van der Waals surface area contributed by atoms with Crippen LogP contribution in [0.15, 0.2) is 23.7 Å². The fraction of sp³-hybridized carbons (Fsp3) is 0.750. The fourth-order valence-electron chi connectivity index (χ4n) is 2.20. The van der Waals surface area contributed by atoms with Gasteiger partial charge in [0.2, 0.25) is 0 Å².